The number of likely N-dealkylation sites (tertiary alicyclic amines) is 1. The van der Waals surface area contributed by atoms with Gasteiger partial charge in [0, 0.05) is 42.8 Å². The zero-order valence-corrected chi connectivity index (χ0v) is 13.8. The van der Waals surface area contributed by atoms with Gasteiger partial charge in [-0.15, -0.1) is 0 Å². The fraction of sp³-hybridized carbons (Fsp3) is 0.444. The summed E-state index contributed by atoms with van der Waals surface area (Å²) in [7, 11) is 0. The second kappa shape index (κ2) is 6.46. The zero-order valence-electron chi connectivity index (χ0n) is 13.1. The molecule has 5 heteroatoms. The molecule has 2 fully saturated rings. The van der Waals surface area contributed by atoms with Crippen molar-refractivity contribution >= 4 is 17.4 Å². The summed E-state index contributed by atoms with van der Waals surface area (Å²) in [6, 6.07) is 10.5. The summed E-state index contributed by atoms with van der Waals surface area (Å²) >= 11 is 6.26. The minimum absolute atomic E-state index is 0.444. The zero-order chi connectivity index (χ0) is 15.6. The molecule has 2 heterocycles. The number of halogens is 1. The van der Waals surface area contributed by atoms with Gasteiger partial charge in [0.05, 0.1) is 0 Å². The van der Waals surface area contributed by atoms with Gasteiger partial charge in [-0.05, 0) is 37.0 Å². The molecule has 1 aliphatic carbocycles. The van der Waals surface area contributed by atoms with E-state index in [1.807, 2.05) is 30.5 Å². The van der Waals surface area contributed by atoms with Crippen molar-refractivity contribution in [1.29, 1.82) is 0 Å². The predicted octanol–water partition coefficient (Wildman–Crippen LogP) is 3.69. The fourth-order valence-electron chi connectivity index (χ4n) is 3.16. The SMILES string of the molecule is Clc1ccccc1CN1CCC(Nc2ccnc(C3CC3)n2)C1. The highest BCUT2D eigenvalue weighted by Gasteiger charge is 2.27. The van der Waals surface area contributed by atoms with Gasteiger partial charge >= 0.3 is 0 Å². The molecule has 0 spiro atoms. The van der Waals surface area contributed by atoms with Crippen LogP contribution in [0.2, 0.25) is 5.02 Å². The minimum atomic E-state index is 0.444. The molecule has 1 atom stereocenters. The van der Waals surface area contributed by atoms with Crippen LogP contribution in [0.15, 0.2) is 36.5 Å². The van der Waals surface area contributed by atoms with E-state index in [1.54, 1.807) is 0 Å². The molecule has 4 nitrogen and oxygen atoms in total. The third-order valence-electron chi connectivity index (χ3n) is 4.59. The Morgan fingerprint density at radius 3 is 2.87 bits per heavy atom. The van der Waals surface area contributed by atoms with E-state index in [-0.39, 0.29) is 0 Å². The number of rotatable bonds is 5. The van der Waals surface area contributed by atoms with Crippen LogP contribution in [0.1, 0.15) is 36.6 Å². The summed E-state index contributed by atoms with van der Waals surface area (Å²) in [5.74, 6) is 2.56. The average Bonchev–Trinajstić information content (AvgIpc) is 3.32. The van der Waals surface area contributed by atoms with Crippen LogP contribution in [0, 0.1) is 0 Å². The Bertz CT molecular complexity index is 686. The number of nitrogens with one attached hydrogen (secondary N) is 1. The number of anilines is 1. The van der Waals surface area contributed by atoms with Gasteiger partial charge in [-0.3, -0.25) is 4.90 Å². The molecule has 0 amide bonds. The van der Waals surface area contributed by atoms with Gasteiger partial charge in [-0.25, -0.2) is 9.97 Å². The van der Waals surface area contributed by atoms with Crippen molar-refractivity contribution in [2.45, 2.75) is 37.8 Å². The first-order valence-electron chi connectivity index (χ1n) is 8.33. The van der Waals surface area contributed by atoms with E-state index in [2.05, 4.69) is 26.3 Å². The number of hydrogen-bond donors (Lipinski definition) is 1. The maximum absolute atomic E-state index is 6.26. The van der Waals surface area contributed by atoms with Crippen molar-refractivity contribution in [3.8, 4) is 0 Å². The van der Waals surface area contributed by atoms with Crippen LogP contribution in [-0.2, 0) is 6.54 Å². The minimum Gasteiger partial charge on any atom is -0.366 e. The van der Waals surface area contributed by atoms with Crippen LogP contribution in [-0.4, -0.2) is 34.0 Å². The molecule has 0 radical (unpaired) electrons. The van der Waals surface area contributed by atoms with Gasteiger partial charge in [0.15, 0.2) is 0 Å². The second-order valence-electron chi connectivity index (χ2n) is 6.53. The summed E-state index contributed by atoms with van der Waals surface area (Å²) < 4.78 is 0. The highest BCUT2D eigenvalue weighted by molar-refractivity contribution is 6.31. The van der Waals surface area contributed by atoms with Gasteiger partial charge in [0.2, 0.25) is 0 Å². The van der Waals surface area contributed by atoms with Crippen LogP contribution >= 0.6 is 11.6 Å². The Balaban J connectivity index is 1.35. The van der Waals surface area contributed by atoms with Crippen LogP contribution in [0.3, 0.4) is 0 Å². The molecule has 1 aliphatic heterocycles. The van der Waals surface area contributed by atoms with Crippen LogP contribution in [0.25, 0.3) is 0 Å². The highest BCUT2D eigenvalue weighted by Crippen LogP contribution is 2.38. The molecule has 1 saturated carbocycles. The molecule has 23 heavy (non-hydrogen) atoms. The summed E-state index contributed by atoms with van der Waals surface area (Å²) in [4.78, 5) is 11.5. The van der Waals surface area contributed by atoms with E-state index in [1.165, 1.54) is 18.4 Å². The Morgan fingerprint density at radius 2 is 2.04 bits per heavy atom. The van der Waals surface area contributed by atoms with E-state index < -0.39 is 0 Å². The molecule has 1 aromatic heterocycles. The summed E-state index contributed by atoms with van der Waals surface area (Å²) in [5, 5.41) is 4.42. The lowest BCUT2D eigenvalue weighted by Gasteiger charge is -2.18. The van der Waals surface area contributed by atoms with Crippen LogP contribution in [0.4, 0.5) is 5.82 Å². The van der Waals surface area contributed by atoms with Crippen molar-refractivity contribution in [2.24, 2.45) is 0 Å². The summed E-state index contributed by atoms with van der Waals surface area (Å²) in [5.41, 5.74) is 1.20. The van der Waals surface area contributed by atoms with Crippen molar-refractivity contribution < 1.29 is 0 Å². The molecular formula is C18H21ClN4. The molecular weight excluding hydrogens is 308 g/mol. The van der Waals surface area contributed by atoms with E-state index in [0.717, 1.165) is 42.7 Å². The molecule has 1 N–H and O–H groups in total. The van der Waals surface area contributed by atoms with E-state index in [9.17, 15) is 0 Å². The third-order valence-corrected chi connectivity index (χ3v) is 4.96. The van der Waals surface area contributed by atoms with Gasteiger partial charge in [-0.2, -0.15) is 0 Å². The highest BCUT2D eigenvalue weighted by atomic mass is 35.5. The lowest BCUT2D eigenvalue weighted by atomic mass is 10.2. The number of benzene rings is 1. The van der Waals surface area contributed by atoms with Crippen molar-refractivity contribution in [3.05, 3.63) is 52.9 Å². The third kappa shape index (κ3) is 3.65. The Labute approximate surface area is 141 Å². The maximum atomic E-state index is 6.26. The number of nitrogens with zero attached hydrogens (tertiary/aromatic N) is 3. The van der Waals surface area contributed by atoms with E-state index in [0.29, 0.717) is 12.0 Å². The fourth-order valence-corrected chi connectivity index (χ4v) is 3.36. The summed E-state index contributed by atoms with van der Waals surface area (Å²) in [6.07, 6.45) is 5.48. The monoisotopic (exact) mass is 328 g/mol. The Morgan fingerprint density at radius 1 is 1.17 bits per heavy atom. The van der Waals surface area contributed by atoms with Crippen molar-refractivity contribution in [2.75, 3.05) is 18.4 Å². The lowest BCUT2D eigenvalue weighted by molar-refractivity contribution is 0.328. The first-order valence-corrected chi connectivity index (χ1v) is 8.71. The molecule has 1 aromatic carbocycles. The van der Waals surface area contributed by atoms with Gasteiger partial charge in [0.25, 0.3) is 0 Å². The van der Waals surface area contributed by atoms with Crippen LogP contribution < -0.4 is 5.32 Å². The molecule has 4 rings (SSSR count). The molecule has 0 bridgehead atoms. The average molecular weight is 329 g/mol. The number of hydrogen-bond acceptors (Lipinski definition) is 4. The van der Waals surface area contributed by atoms with Gasteiger partial charge < -0.3 is 5.32 Å². The molecule has 2 aliphatic rings. The second-order valence-corrected chi connectivity index (χ2v) is 6.94. The normalized spacial score (nSPS) is 21.5. The van der Waals surface area contributed by atoms with Gasteiger partial charge in [-0.1, -0.05) is 29.8 Å². The molecule has 1 unspecified atom stereocenters. The standard InChI is InChI=1S/C18H21ClN4/c19-16-4-2-1-3-14(16)11-23-10-8-15(12-23)21-17-7-9-20-18(22-17)13-5-6-13/h1-4,7,9,13,15H,5-6,8,10-12H2,(H,20,21,22). The molecule has 2 aromatic rings. The Hall–Kier alpha value is -1.65. The maximum Gasteiger partial charge on any atom is 0.133 e. The Kier molecular flexibility index (Phi) is 4.19. The van der Waals surface area contributed by atoms with Crippen molar-refractivity contribution in [3.63, 3.8) is 0 Å². The smallest absolute Gasteiger partial charge is 0.133 e. The topological polar surface area (TPSA) is 41.0 Å². The van der Waals surface area contributed by atoms with Gasteiger partial charge in [0.1, 0.15) is 11.6 Å². The van der Waals surface area contributed by atoms with E-state index in [4.69, 9.17) is 11.6 Å². The van der Waals surface area contributed by atoms with E-state index >= 15 is 0 Å². The molecule has 1 saturated heterocycles. The van der Waals surface area contributed by atoms with Crippen LogP contribution in [0.5, 0.6) is 0 Å². The number of aromatic nitrogens is 2. The quantitative estimate of drug-likeness (QED) is 0.908. The first-order chi connectivity index (χ1) is 11.3. The van der Waals surface area contributed by atoms with Crippen molar-refractivity contribution in [1.82, 2.24) is 14.9 Å². The lowest BCUT2D eigenvalue weighted by Crippen LogP contribution is -2.26. The predicted molar refractivity (Wildman–Crippen MR) is 92.8 cm³/mol. The summed E-state index contributed by atoms with van der Waals surface area (Å²) in [6.45, 7) is 3.02. The first kappa shape index (κ1) is 14.9. The molecule has 120 valence electrons. The largest absolute Gasteiger partial charge is 0.366 e.